The summed E-state index contributed by atoms with van der Waals surface area (Å²) in [5.41, 5.74) is 4.32. The lowest BCUT2D eigenvalue weighted by Crippen LogP contribution is -2.34. The number of furan rings is 1. The number of imidazole rings is 1. The van der Waals surface area contributed by atoms with Crippen LogP contribution in [-0.2, 0) is 0 Å². The summed E-state index contributed by atoms with van der Waals surface area (Å²) in [6.45, 7) is 0.214. The van der Waals surface area contributed by atoms with Crippen molar-refractivity contribution >= 4 is 17.0 Å². The molecule has 2 atom stereocenters. The minimum atomic E-state index is 0.214. The number of aliphatic hydroxyl groups excluding tert-OH is 1. The van der Waals surface area contributed by atoms with Crippen LogP contribution in [0.3, 0.4) is 0 Å². The smallest absolute Gasteiger partial charge is 0.166 e. The van der Waals surface area contributed by atoms with E-state index in [1.165, 1.54) is 12.8 Å². The minimum Gasteiger partial charge on any atom is -0.472 e. The first-order valence-corrected chi connectivity index (χ1v) is 10.0. The summed E-state index contributed by atoms with van der Waals surface area (Å²) >= 11 is 0. The Morgan fingerprint density at radius 3 is 2.93 bits per heavy atom. The number of aromatic nitrogens is 4. The van der Waals surface area contributed by atoms with Gasteiger partial charge in [-0.2, -0.15) is 0 Å². The molecule has 0 radical (unpaired) electrons. The molecule has 0 aliphatic heterocycles. The van der Waals surface area contributed by atoms with Crippen molar-refractivity contribution in [1.82, 2.24) is 19.5 Å². The molecule has 2 N–H and O–H groups in total. The van der Waals surface area contributed by atoms with Crippen LogP contribution in [0.25, 0.3) is 28.1 Å². The lowest BCUT2D eigenvalue weighted by Gasteiger charge is -2.31. The number of nitrogens with one attached hydrogen (secondary N) is 1. The van der Waals surface area contributed by atoms with Gasteiger partial charge < -0.3 is 14.8 Å². The third-order valence-electron chi connectivity index (χ3n) is 5.71. The minimum absolute atomic E-state index is 0.214. The van der Waals surface area contributed by atoms with Crippen LogP contribution in [0.4, 0.5) is 5.82 Å². The van der Waals surface area contributed by atoms with Gasteiger partial charge in [-0.1, -0.05) is 12.8 Å². The molecule has 1 saturated carbocycles. The molecule has 5 rings (SSSR count). The lowest BCUT2D eigenvalue weighted by molar-refractivity contribution is 0.178. The van der Waals surface area contributed by atoms with Crippen LogP contribution < -0.4 is 5.32 Å². The molecule has 7 heteroatoms. The Kier molecular flexibility index (Phi) is 4.73. The van der Waals surface area contributed by atoms with E-state index >= 15 is 0 Å². The van der Waals surface area contributed by atoms with E-state index in [0.29, 0.717) is 0 Å². The Bertz CT molecular complexity index is 1110. The first-order valence-electron chi connectivity index (χ1n) is 10.0. The molecule has 1 aliphatic carbocycles. The molecule has 4 aromatic rings. The zero-order valence-corrected chi connectivity index (χ0v) is 16.0. The number of hydrogen-bond acceptors (Lipinski definition) is 6. The van der Waals surface area contributed by atoms with Gasteiger partial charge in [0.1, 0.15) is 17.7 Å². The van der Waals surface area contributed by atoms with Crippen LogP contribution >= 0.6 is 0 Å². The Labute approximate surface area is 168 Å². The van der Waals surface area contributed by atoms with E-state index in [2.05, 4.69) is 15.3 Å². The highest BCUT2D eigenvalue weighted by molar-refractivity contribution is 5.75. The fourth-order valence-corrected chi connectivity index (χ4v) is 4.11. The van der Waals surface area contributed by atoms with Crippen LogP contribution in [-0.4, -0.2) is 37.3 Å². The van der Waals surface area contributed by atoms with Crippen molar-refractivity contribution in [2.45, 2.75) is 31.7 Å². The highest BCUT2D eigenvalue weighted by Crippen LogP contribution is 2.28. The molecule has 148 valence electrons. The monoisotopic (exact) mass is 389 g/mol. The highest BCUT2D eigenvalue weighted by atomic mass is 16.3. The molecular weight excluding hydrogens is 366 g/mol. The Morgan fingerprint density at radius 2 is 2.07 bits per heavy atom. The van der Waals surface area contributed by atoms with Gasteiger partial charge in [0.25, 0.3) is 0 Å². The number of hydrogen-bond donors (Lipinski definition) is 2. The third-order valence-corrected chi connectivity index (χ3v) is 5.71. The largest absolute Gasteiger partial charge is 0.472 e. The molecule has 4 heterocycles. The zero-order chi connectivity index (χ0) is 19.6. The molecule has 0 saturated heterocycles. The maximum absolute atomic E-state index is 9.69. The Balaban J connectivity index is 1.48. The zero-order valence-electron chi connectivity index (χ0n) is 16.0. The molecule has 1 aliphatic rings. The first-order chi connectivity index (χ1) is 14.3. The van der Waals surface area contributed by atoms with Crippen LogP contribution in [0.1, 0.15) is 25.7 Å². The normalized spacial score (nSPS) is 19.5. The SMILES string of the molecule is OCC1CCCCC1Nc1ccc2ncn(-c3ccnc(-c4ccoc4)c3)c2n1. The summed E-state index contributed by atoms with van der Waals surface area (Å²) in [7, 11) is 0. The standard InChI is InChI=1S/C22H23N5O2/c28-12-15-3-1-2-4-18(15)25-21-6-5-19-22(26-21)27(14-24-19)17-7-9-23-20(11-17)16-8-10-29-13-16/h5-11,13-15,18,28H,1-4,12H2,(H,25,26). The van der Waals surface area contributed by atoms with E-state index in [-0.39, 0.29) is 18.6 Å². The molecule has 1 fully saturated rings. The van der Waals surface area contributed by atoms with Gasteiger partial charge in [0, 0.05) is 30.3 Å². The number of fused-ring (bicyclic) bond motifs is 1. The molecule has 2 unspecified atom stereocenters. The average Bonchev–Trinajstić information content (AvgIpc) is 3.44. The number of pyridine rings is 2. The maximum atomic E-state index is 9.69. The average molecular weight is 389 g/mol. The lowest BCUT2D eigenvalue weighted by atomic mass is 9.85. The van der Waals surface area contributed by atoms with Crippen molar-refractivity contribution in [1.29, 1.82) is 0 Å². The summed E-state index contributed by atoms with van der Waals surface area (Å²) in [5.74, 6) is 1.09. The number of anilines is 1. The van der Waals surface area contributed by atoms with Crippen molar-refractivity contribution in [3.05, 3.63) is 55.4 Å². The van der Waals surface area contributed by atoms with Gasteiger partial charge in [0.2, 0.25) is 0 Å². The van der Waals surface area contributed by atoms with Gasteiger partial charge in [0.05, 0.1) is 23.9 Å². The topological polar surface area (TPSA) is 89.0 Å². The second kappa shape index (κ2) is 7.67. The van der Waals surface area contributed by atoms with Gasteiger partial charge in [-0.25, -0.2) is 9.97 Å². The summed E-state index contributed by atoms with van der Waals surface area (Å²) < 4.78 is 7.15. The third kappa shape index (κ3) is 3.49. The van der Waals surface area contributed by atoms with Crippen LogP contribution in [0, 0.1) is 5.92 Å². The molecule has 0 bridgehead atoms. The first kappa shape index (κ1) is 17.9. The number of nitrogens with zero attached hydrogens (tertiary/aromatic N) is 4. The van der Waals surface area contributed by atoms with E-state index in [4.69, 9.17) is 9.40 Å². The molecule has 7 nitrogen and oxygen atoms in total. The second-order valence-electron chi connectivity index (χ2n) is 7.54. The summed E-state index contributed by atoms with van der Waals surface area (Å²) in [4.78, 5) is 13.8. The van der Waals surface area contributed by atoms with E-state index in [1.54, 1.807) is 25.1 Å². The number of rotatable bonds is 5. The van der Waals surface area contributed by atoms with E-state index in [1.807, 2.05) is 34.9 Å². The van der Waals surface area contributed by atoms with Gasteiger partial charge >= 0.3 is 0 Å². The second-order valence-corrected chi connectivity index (χ2v) is 7.54. The molecular formula is C22H23N5O2. The molecule has 29 heavy (non-hydrogen) atoms. The van der Waals surface area contributed by atoms with E-state index in [9.17, 15) is 5.11 Å². The number of aliphatic hydroxyl groups is 1. The van der Waals surface area contributed by atoms with E-state index in [0.717, 1.165) is 46.8 Å². The summed E-state index contributed by atoms with van der Waals surface area (Å²) in [6.07, 6.45) is 11.4. The van der Waals surface area contributed by atoms with Gasteiger partial charge in [-0.15, -0.1) is 0 Å². The van der Waals surface area contributed by atoms with Crippen LogP contribution in [0.5, 0.6) is 0 Å². The maximum Gasteiger partial charge on any atom is 0.166 e. The predicted molar refractivity (Wildman–Crippen MR) is 111 cm³/mol. The van der Waals surface area contributed by atoms with Gasteiger partial charge in [-0.05, 0) is 43.2 Å². The van der Waals surface area contributed by atoms with Gasteiger partial charge in [-0.3, -0.25) is 9.55 Å². The van der Waals surface area contributed by atoms with E-state index < -0.39 is 0 Å². The molecule has 4 aromatic heterocycles. The molecule has 0 amide bonds. The predicted octanol–water partition coefficient (Wildman–Crippen LogP) is 4.04. The van der Waals surface area contributed by atoms with Crippen molar-refractivity contribution in [2.75, 3.05) is 11.9 Å². The Hall–Kier alpha value is -3.19. The van der Waals surface area contributed by atoms with Crippen molar-refractivity contribution in [3.8, 4) is 16.9 Å². The fraction of sp³-hybridized carbons (Fsp3) is 0.318. The molecule has 0 spiro atoms. The summed E-state index contributed by atoms with van der Waals surface area (Å²) in [6, 6.07) is 10.0. The quantitative estimate of drug-likeness (QED) is 0.535. The van der Waals surface area contributed by atoms with Crippen molar-refractivity contribution in [2.24, 2.45) is 5.92 Å². The summed E-state index contributed by atoms with van der Waals surface area (Å²) in [5, 5.41) is 13.2. The van der Waals surface area contributed by atoms with Crippen LogP contribution in [0.2, 0.25) is 0 Å². The van der Waals surface area contributed by atoms with Gasteiger partial charge in [0.15, 0.2) is 5.65 Å². The van der Waals surface area contributed by atoms with Crippen LogP contribution in [0.15, 0.2) is 59.8 Å². The molecule has 0 aromatic carbocycles. The highest BCUT2D eigenvalue weighted by Gasteiger charge is 2.24. The van der Waals surface area contributed by atoms with Crippen molar-refractivity contribution in [3.63, 3.8) is 0 Å². The van der Waals surface area contributed by atoms with Crippen molar-refractivity contribution < 1.29 is 9.52 Å². The Morgan fingerprint density at radius 1 is 1.14 bits per heavy atom. The fourth-order valence-electron chi connectivity index (χ4n) is 4.11.